The van der Waals surface area contributed by atoms with Gasteiger partial charge in [-0.1, -0.05) is 94.9 Å². The van der Waals surface area contributed by atoms with Gasteiger partial charge in [0.15, 0.2) is 0 Å². The number of hydrogen-bond acceptors (Lipinski definition) is 0. The van der Waals surface area contributed by atoms with Crippen molar-refractivity contribution < 1.29 is 26.3 Å². The summed E-state index contributed by atoms with van der Waals surface area (Å²) in [6.07, 6.45) is 2.43. The molecule has 0 aliphatic heterocycles. The van der Waals surface area contributed by atoms with Crippen LogP contribution in [-0.2, 0) is 0 Å². The molecule has 240 valence electrons. The first-order valence-electron chi connectivity index (χ1n) is 16.4. The Morgan fingerprint density at radius 3 is 1.00 bits per heavy atom. The summed E-state index contributed by atoms with van der Waals surface area (Å²) in [7, 11) is 0. The van der Waals surface area contributed by atoms with E-state index in [1.54, 1.807) is 13.8 Å². The summed E-state index contributed by atoms with van der Waals surface area (Å²) in [5.41, 5.74) is 0. The summed E-state index contributed by atoms with van der Waals surface area (Å²) in [4.78, 5) is 0. The van der Waals surface area contributed by atoms with Crippen molar-refractivity contribution in [1.29, 1.82) is 0 Å². The molecule has 0 aromatic rings. The van der Waals surface area contributed by atoms with Gasteiger partial charge in [-0.05, 0) is 97.7 Å². The second-order valence-electron chi connectivity index (χ2n) is 15.0. The molecule has 0 radical (unpaired) electrons. The normalized spacial score (nSPS) is 42.0. The van der Waals surface area contributed by atoms with Crippen LogP contribution < -0.4 is 0 Å². The van der Waals surface area contributed by atoms with Gasteiger partial charge in [-0.3, -0.25) is 0 Å². The average Bonchev–Trinajstić information content (AvgIpc) is 3.30. The van der Waals surface area contributed by atoms with Crippen LogP contribution in [0.3, 0.4) is 0 Å². The van der Waals surface area contributed by atoms with Gasteiger partial charge in [0, 0.05) is 0 Å². The van der Waals surface area contributed by atoms with Gasteiger partial charge in [-0.2, -0.15) is 26.3 Å². The van der Waals surface area contributed by atoms with Gasteiger partial charge in [0.05, 0.1) is 11.8 Å². The molecule has 40 heavy (non-hydrogen) atoms. The molecule has 6 heteroatoms. The van der Waals surface area contributed by atoms with Crippen LogP contribution >= 0.6 is 0 Å². The second-order valence-corrected chi connectivity index (χ2v) is 15.0. The highest BCUT2D eigenvalue weighted by Crippen LogP contribution is 2.45. The van der Waals surface area contributed by atoms with E-state index in [1.807, 2.05) is 13.8 Å². The highest BCUT2D eigenvalue weighted by molar-refractivity contribution is 4.83. The topological polar surface area (TPSA) is 0 Å². The van der Waals surface area contributed by atoms with Crippen LogP contribution in [0.15, 0.2) is 0 Å². The molecule has 0 heterocycles. The van der Waals surface area contributed by atoms with Crippen molar-refractivity contribution in [2.45, 2.75) is 146 Å². The van der Waals surface area contributed by atoms with E-state index >= 15 is 0 Å². The van der Waals surface area contributed by atoms with Crippen molar-refractivity contribution in [3.63, 3.8) is 0 Å². The molecule has 4 saturated carbocycles. The lowest BCUT2D eigenvalue weighted by Gasteiger charge is -2.35. The maximum atomic E-state index is 12.4. The zero-order chi connectivity index (χ0) is 31.0. The molecular formula is C34H62F6. The second kappa shape index (κ2) is 16.4. The predicted molar refractivity (Wildman–Crippen MR) is 157 cm³/mol. The maximum absolute atomic E-state index is 12.4. The summed E-state index contributed by atoms with van der Waals surface area (Å²) >= 11 is 0. The minimum absolute atomic E-state index is 0.176. The molecule has 0 amide bonds. The Morgan fingerprint density at radius 2 is 0.750 bits per heavy atom. The predicted octanol–water partition coefficient (Wildman–Crippen LogP) is 12.6. The van der Waals surface area contributed by atoms with Gasteiger partial charge in [-0.25, -0.2) is 0 Å². The third-order valence-corrected chi connectivity index (χ3v) is 11.0. The van der Waals surface area contributed by atoms with Crippen molar-refractivity contribution in [3.05, 3.63) is 0 Å². The van der Waals surface area contributed by atoms with E-state index in [0.717, 1.165) is 54.8 Å². The first kappa shape index (κ1) is 37.6. The van der Waals surface area contributed by atoms with Crippen LogP contribution in [0.1, 0.15) is 133 Å². The Bertz CT molecular complexity index is 650. The van der Waals surface area contributed by atoms with Gasteiger partial charge < -0.3 is 0 Å². The van der Waals surface area contributed by atoms with Crippen LogP contribution in [0.2, 0.25) is 0 Å². The minimum atomic E-state index is -3.98. The Morgan fingerprint density at radius 1 is 0.375 bits per heavy atom. The van der Waals surface area contributed by atoms with Crippen LogP contribution in [-0.4, -0.2) is 12.4 Å². The Labute approximate surface area is 243 Å². The Balaban J connectivity index is 0.000000270. The number of rotatable bonds is 0. The molecule has 0 nitrogen and oxygen atoms in total. The fourth-order valence-electron chi connectivity index (χ4n) is 8.02. The number of halogens is 6. The van der Waals surface area contributed by atoms with Crippen LogP contribution in [0.5, 0.6) is 0 Å². The van der Waals surface area contributed by atoms with E-state index in [4.69, 9.17) is 0 Å². The van der Waals surface area contributed by atoms with Gasteiger partial charge in [0.1, 0.15) is 0 Å². The lowest BCUT2D eigenvalue weighted by Crippen LogP contribution is -2.35. The van der Waals surface area contributed by atoms with Crippen LogP contribution in [0, 0.1) is 71.0 Å². The maximum Gasteiger partial charge on any atom is 0.392 e. The SMILES string of the molecule is CC1CC(C)CC(C)C1.CC1CCC(C)C1C.CC1CCCC(C(F)(F)F)[C@@H]1C.CC1C[C@H](C)CC1C(F)(F)F. The fourth-order valence-corrected chi connectivity index (χ4v) is 8.02. The van der Waals surface area contributed by atoms with E-state index in [2.05, 4.69) is 41.5 Å². The number of hydrogen-bond donors (Lipinski definition) is 0. The zero-order valence-corrected chi connectivity index (χ0v) is 27.3. The molecule has 6 unspecified atom stereocenters. The van der Waals surface area contributed by atoms with Crippen LogP contribution in [0.4, 0.5) is 26.3 Å². The van der Waals surface area contributed by atoms with Gasteiger partial charge >= 0.3 is 12.4 Å². The first-order chi connectivity index (χ1) is 18.2. The molecule has 0 bridgehead atoms. The van der Waals surface area contributed by atoms with Crippen molar-refractivity contribution in [1.82, 2.24) is 0 Å². The molecule has 0 aromatic carbocycles. The quantitative estimate of drug-likeness (QED) is 0.248. The first-order valence-corrected chi connectivity index (χ1v) is 16.4. The lowest BCUT2D eigenvalue weighted by atomic mass is 9.73. The molecule has 4 fully saturated rings. The monoisotopic (exact) mass is 584 g/mol. The molecule has 4 aliphatic rings. The molecule has 4 rings (SSSR count). The van der Waals surface area contributed by atoms with E-state index < -0.39 is 24.2 Å². The Hall–Kier alpha value is -0.420. The molecule has 0 N–H and O–H groups in total. The van der Waals surface area contributed by atoms with Gasteiger partial charge in [0.2, 0.25) is 0 Å². The summed E-state index contributed by atoms with van der Waals surface area (Å²) < 4.78 is 73.6. The zero-order valence-electron chi connectivity index (χ0n) is 27.3. The van der Waals surface area contributed by atoms with E-state index in [-0.39, 0.29) is 23.7 Å². The minimum Gasteiger partial charge on any atom is -0.171 e. The largest absolute Gasteiger partial charge is 0.392 e. The lowest BCUT2D eigenvalue weighted by molar-refractivity contribution is -0.199. The smallest absolute Gasteiger partial charge is 0.171 e. The van der Waals surface area contributed by atoms with Gasteiger partial charge in [0.25, 0.3) is 0 Å². The average molecular weight is 585 g/mol. The third-order valence-electron chi connectivity index (χ3n) is 11.0. The van der Waals surface area contributed by atoms with E-state index in [0.29, 0.717) is 12.8 Å². The third kappa shape index (κ3) is 12.8. The van der Waals surface area contributed by atoms with E-state index in [9.17, 15) is 26.3 Å². The van der Waals surface area contributed by atoms with Crippen molar-refractivity contribution in [3.8, 4) is 0 Å². The van der Waals surface area contributed by atoms with Crippen molar-refractivity contribution >= 4 is 0 Å². The summed E-state index contributed by atoms with van der Waals surface area (Å²) in [6, 6.07) is 0. The molecular weight excluding hydrogens is 522 g/mol. The molecule has 0 aromatic heterocycles. The fraction of sp³-hybridized carbons (Fsp3) is 1.00. The summed E-state index contributed by atoms with van der Waals surface area (Å²) in [5, 5.41) is 0. The van der Waals surface area contributed by atoms with E-state index in [1.165, 1.54) is 32.1 Å². The van der Waals surface area contributed by atoms with Crippen LogP contribution in [0.25, 0.3) is 0 Å². The highest BCUT2D eigenvalue weighted by atomic mass is 19.4. The standard InChI is InChI=1S/C9H15F3.C9H18.C8H13F3.C8H16/c1-6-4-3-5-8(7(6)2)9(10,11)12;1-7-4-8(2)6-9(3)5-7;1-5-3-6(2)7(4-5)8(9,10)11;1-6-4-5-7(2)8(6)3/h6-8H,3-5H2,1-2H3;7-9H,4-6H2,1-3H3;5-7H,3-4H2,1-2H3;6-8H,4-5H2,1-3H3/t6?,7-,8?;;5-,6?,7?;/m1.0./s1. The summed E-state index contributed by atoms with van der Waals surface area (Å²) in [6.45, 7) is 21.5. The highest BCUT2D eigenvalue weighted by Gasteiger charge is 2.47. The van der Waals surface area contributed by atoms with Crippen molar-refractivity contribution in [2.75, 3.05) is 0 Å². The van der Waals surface area contributed by atoms with Crippen molar-refractivity contribution in [2.24, 2.45) is 71.0 Å². The number of alkyl halides is 6. The summed E-state index contributed by atoms with van der Waals surface area (Å²) in [5.74, 6) is 3.94. The molecule has 0 spiro atoms. The molecule has 8 atom stereocenters. The van der Waals surface area contributed by atoms with Gasteiger partial charge in [-0.15, -0.1) is 0 Å². The molecule has 0 saturated heterocycles. The Kier molecular flexibility index (Phi) is 15.4. The molecule has 4 aliphatic carbocycles.